The van der Waals surface area contributed by atoms with Crippen LogP contribution >= 0.6 is 22.9 Å². The summed E-state index contributed by atoms with van der Waals surface area (Å²) in [5.41, 5.74) is 4.94. The number of aromatic nitrogens is 3. The fourth-order valence-electron chi connectivity index (χ4n) is 4.42. The smallest absolute Gasteiger partial charge is 0.253 e. The second kappa shape index (κ2) is 8.68. The molecular formula is C25H25ClN4OS. The van der Waals surface area contributed by atoms with Crippen molar-refractivity contribution in [1.29, 1.82) is 0 Å². The van der Waals surface area contributed by atoms with Crippen molar-refractivity contribution in [3.8, 4) is 0 Å². The van der Waals surface area contributed by atoms with Crippen LogP contribution in [0.25, 0.3) is 10.2 Å². The summed E-state index contributed by atoms with van der Waals surface area (Å²) >= 11 is 7.85. The molecule has 0 spiro atoms. The van der Waals surface area contributed by atoms with Gasteiger partial charge >= 0.3 is 0 Å². The quantitative estimate of drug-likeness (QED) is 0.381. The summed E-state index contributed by atoms with van der Waals surface area (Å²) in [6.45, 7) is 6.23. The Morgan fingerprint density at radius 3 is 2.69 bits per heavy atom. The van der Waals surface area contributed by atoms with Gasteiger partial charge in [0.25, 0.3) is 5.91 Å². The van der Waals surface area contributed by atoms with Gasteiger partial charge in [-0.25, -0.2) is 4.98 Å². The van der Waals surface area contributed by atoms with Crippen LogP contribution in [-0.4, -0.2) is 38.7 Å². The number of thiazole rings is 1. The van der Waals surface area contributed by atoms with E-state index in [1.807, 2.05) is 52.9 Å². The first-order valence-electron chi connectivity index (χ1n) is 10.9. The first-order chi connectivity index (χ1) is 15.5. The molecule has 0 N–H and O–H groups in total. The van der Waals surface area contributed by atoms with E-state index < -0.39 is 0 Å². The summed E-state index contributed by atoms with van der Waals surface area (Å²) in [5.74, 6) is 0.502. The number of benzene rings is 2. The normalized spacial score (nSPS) is 14.9. The molecule has 1 fully saturated rings. The number of fused-ring (bicyclic) bond motifs is 1. The molecule has 2 aromatic heterocycles. The second-order valence-electron chi connectivity index (χ2n) is 8.52. The summed E-state index contributed by atoms with van der Waals surface area (Å²) in [4.78, 5) is 20.0. The lowest BCUT2D eigenvalue weighted by Crippen LogP contribution is -2.37. The van der Waals surface area contributed by atoms with Gasteiger partial charge in [-0.1, -0.05) is 23.7 Å². The van der Waals surface area contributed by atoms with Gasteiger partial charge in [-0.05, 0) is 68.7 Å². The molecule has 3 heterocycles. The maximum absolute atomic E-state index is 13.2. The number of carbonyl (C=O) groups is 1. The number of hydrogen-bond donors (Lipinski definition) is 0. The Kier molecular flexibility index (Phi) is 5.74. The van der Waals surface area contributed by atoms with Crippen LogP contribution < -0.4 is 0 Å². The number of carbonyl (C=O) groups excluding carboxylic acids is 1. The van der Waals surface area contributed by atoms with Crippen molar-refractivity contribution in [2.24, 2.45) is 0 Å². The Labute approximate surface area is 196 Å². The topological polar surface area (TPSA) is 51.0 Å². The summed E-state index contributed by atoms with van der Waals surface area (Å²) in [6, 6.07) is 15.9. The number of rotatable bonds is 4. The zero-order valence-corrected chi connectivity index (χ0v) is 19.8. The van der Waals surface area contributed by atoms with Gasteiger partial charge in [0.2, 0.25) is 0 Å². The van der Waals surface area contributed by atoms with Crippen LogP contribution in [0.1, 0.15) is 51.1 Å². The summed E-state index contributed by atoms with van der Waals surface area (Å²) in [7, 11) is 0. The number of aryl methyl sites for hydroxylation is 2. The molecule has 5 nitrogen and oxygen atoms in total. The van der Waals surface area contributed by atoms with Crippen molar-refractivity contribution in [1.82, 2.24) is 19.7 Å². The third-order valence-electron chi connectivity index (χ3n) is 6.11. The zero-order chi connectivity index (χ0) is 22.2. The molecule has 5 rings (SSSR count). The SMILES string of the molecule is Cc1cc(C)n(Cc2cccc(C(=O)N3CCC(c4nc5cc(Cl)ccc5s4)CC3)c2)n1. The third-order valence-corrected chi connectivity index (χ3v) is 7.54. The molecule has 1 saturated heterocycles. The van der Waals surface area contributed by atoms with Crippen molar-refractivity contribution in [2.45, 2.75) is 39.2 Å². The molecule has 1 aliphatic rings. The first-order valence-corrected chi connectivity index (χ1v) is 12.1. The molecule has 7 heteroatoms. The van der Waals surface area contributed by atoms with Crippen LogP contribution in [0.15, 0.2) is 48.5 Å². The van der Waals surface area contributed by atoms with Crippen molar-refractivity contribution in [2.75, 3.05) is 13.1 Å². The highest BCUT2D eigenvalue weighted by Gasteiger charge is 2.26. The molecule has 0 atom stereocenters. The molecule has 164 valence electrons. The van der Waals surface area contributed by atoms with Crippen molar-refractivity contribution < 1.29 is 4.79 Å². The monoisotopic (exact) mass is 464 g/mol. The van der Waals surface area contributed by atoms with E-state index in [9.17, 15) is 4.79 Å². The Bertz CT molecular complexity index is 1290. The minimum atomic E-state index is 0.106. The molecule has 32 heavy (non-hydrogen) atoms. The maximum Gasteiger partial charge on any atom is 0.253 e. The van der Waals surface area contributed by atoms with Crippen LogP contribution in [0.4, 0.5) is 0 Å². The van der Waals surface area contributed by atoms with Crippen LogP contribution in [0.5, 0.6) is 0 Å². The Morgan fingerprint density at radius 1 is 1.12 bits per heavy atom. The highest BCUT2D eigenvalue weighted by Crippen LogP contribution is 2.35. The molecule has 0 radical (unpaired) electrons. The van der Waals surface area contributed by atoms with Gasteiger partial charge in [-0.2, -0.15) is 5.10 Å². The molecule has 1 aliphatic heterocycles. The highest BCUT2D eigenvalue weighted by atomic mass is 35.5. The van der Waals surface area contributed by atoms with E-state index in [1.54, 1.807) is 11.3 Å². The molecule has 0 bridgehead atoms. The summed E-state index contributed by atoms with van der Waals surface area (Å²) in [5, 5.41) is 6.41. The largest absolute Gasteiger partial charge is 0.339 e. The lowest BCUT2D eigenvalue weighted by molar-refractivity contribution is 0.0713. The van der Waals surface area contributed by atoms with Crippen LogP contribution in [0.3, 0.4) is 0 Å². The fraction of sp³-hybridized carbons (Fsp3) is 0.320. The molecule has 0 saturated carbocycles. The second-order valence-corrected chi connectivity index (χ2v) is 10.0. The molecule has 4 aromatic rings. The van der Waals surface area contributed by atoms with Gasteiger partial charge in [0.05, 0.1) is 27.5 Å². The Hall–Kier alpha value is -2.70. The predicted octanol–water partition coefficient (Wildman–Crippen LogP) is 5.83. The van der Waals surface area contributed by atoms with Gasteiger partial charge in [0.15, 0.2) is 0 Å². The van der Waals surface area contributed by atoms with Crippen molar-refractivity contribution in [3.63, 3.8) is 0 Å². The zero-order valence-electron chi connectivity index (χ0n) is 18.2. The number of hydrogen-bond acceptors (Lipinski definition) is 4. The Morgan fingerprint density at radius 2 is 1.94 bits per heavy atom. The highest BCUT2D eigenvalue weighted by molar-refractivity contribution is 7.18. The van der Waals surface area contributed by atoms with E-state index in [1.165, 1.54) is 4.70 Å². The number of piperidine rings is 1. The standard InChI is InChI=1S/C25H25ClN4OS/c1-16-12-17(2)30(28-16)15-18-4-3-5-20(13-18)25(31)29-10-8-19(9-11-29)24-27-22-14-21(26)6-7-23(22)32-24/h3-7,12-14,19H,8-11,15H2,1-2H3. The van der Waals surface area contributed by atoms with Crippen molar-refractivity contribution >= 4 is 39.1 Å². The summed E-state index contributed by atoms with van der Waals surface area (Å²) < 4.78 is 3.15. The van der Waals surface area contributed by atoms with E-state index in [-0.39, 0.29) is 5.91 Å². The molecule has 0 unspecified atom stereocenters. The third kappa shape index (κ3) is 4.30. The molecule has 1 amide bonds. The lowest BCUT2D eigenvalue weighted by Gasteiger charge is -2.31. The number of amides is 1. The van der Waals surface area contributed by atoms with Gasteiger partial charge in [-0.3, -0.25) is 9.48 Å². The average Bonchev–Trinajstić information content (AvgIpc) is 3.35. The van der Waals surface area contributed by atoms with Crippen LogP contribution in [-0.2, 0) is 6.54 Å². The Balaban J connectivity index is 1.25. The molecule has 0 aliphatic carbocycles. The van der Waals surface area contributed by atoms with Gasteiger partial charge in [0, 0.05) is 35.3 Å². The predicted molar refractivity (Wildman–Crippen MR) is 130 cm³/mol. The number of likely N-dealkylation sites (tertiary alicyclic amines) is 1. The minimum Gasteiger partial charge on any atom is -0.339 e. The maximum atomic E-state index is 13.2. The lowest BCUT2D eigenvalue weighted by atomic mass is 9.97. The first kappa shape index (κ1) is 21.2. The van der Waals surface area contributed by atoms with Gasteiger partial charge < -0.3 is 4.90 Å². The van der Waals surface area contributed by atoms with Gasteiger partial charge in [-0.15, -0.1) is 11.3 Å². The van der Waals surface area contributed by atoms with E-state index in [2.05, 4.69) is 24.2 Å². The van der Waals surface area contributed by atoms with E-state index in [0.29, 0.717) is 12.5 Å². The molecule has 2 aromatic carbocycles. The average molecular weight is 465 g/mol. The number of nitrogens with zero attached hydrogens (tertiary/aromatic N) is 4. The van der Waals surface area contributed by atoms with Gasteiger partial charge in [0.1, 0.15) is 0 Å². The van der Waals surface area contributed by atoms with E-state index >= 15 is 0 Å². The van der Waals surface area contributed by atoms with E-state index in [0.717, 1.165) is 64.0 Å². The minimum absolute atomic E-state index is 0.106. The fourth-order valence-corrected chi connectivity index (χ4v) is 5.70. The number of halogens is 1. The van der Waals surface area contributed by atoms with Crippen molar-refractivity contribution in [3.05, 3.63) is 81.1 Å². The van der Waals surface area contributed by atoms with E-state index in [4.69, 9.17) is 16.6 Å². The summed E-state index contributed by atoms with van der Waals surface area (Å²) in [6.07, 6.45) is 1.87. The molecular weight excluding hydrogens is 440 g/mol. The van der Waals surface area contributed by atoms with Crippen LogP contribution in [0.2, 0.25) is 5.02 Å². The van der Waals surface area contributed by atoms with Crippen LogP contribution in [0, 0.1) is 13.8 Å².